The first kappa shape index (κ1) is 22.1. The van der Waals surface area contributed by atoms with Crippen LogP contribution in [0.2, 0.25) is 0 Å². The Morgan fingerprint density at radius 2 is 1.77 bits per heavy atom. The number of sulfonamides is 1. The van der Waals surface area contributed by atoms with Gasteiger partial charge in [0.25, 0.3) is 5.89 Å². The van der Waals surface area contributed by atoms with Crippen molar-refractivity contribution >= 4 is 21.0 Å². The molecule has 6 rings (SSSR count). The van der Waals surface area contributed by atoms with Crippen molar-refractivity contribution < 1.29 is 26.8 Å². The molecule has 2 aliphatic heterocycles. The topological polar surface area (TPSA) is 108 Å². The van der Waals surface area contributed by atoms with E-state index >= 15 is 0 Å². The fourth-order valence-electron chi connectivity index (χ4n) is 4.98. The van der Waals surface area contributed by atoms with Crippen LogP contribution in [0.1, 0.15) is 25.8 Å². The Labute approximate surface area is 202 Å². The number of fused-ring (bicyclic) bond motifs is 2. The number of aromatic nitrogens is 2. The number of benzene rings is 2. The molecule has 35 heavy (non-hydrogen) atoms. The summed E-state index contributed by atoms with van der Waals surface area (Å²) in [6, 6.07) is 10.4. The van der Waals surface area contributed by atoms with Gasteiger partial charge in [0.1, 0.15) is 5.58 Å². The van der Waals surface area contributed by atoms with Crippen molar-refractivity contribution in [3.63, 3.8) is 0 Å². The highest BCUT2D eigenvalue weighted by atomic mass is 32.2. The van der Waals surface area contributed by atoms with Crippen molar-refractivity contribution in [3.8, 4) is 34.5 Å². The van der Waals surface area contributed by atoms with E-state index in [9.17, 15) is 8.42 Å². The van der Waals surface area contributed by atoms with Crippen molar-refractivity contribution in [2.24, 2.45) is 11.8 Å². The average Bonchev–Trinajstić information content (AvgIpc) is 3.56. The van der Waals surface area contributed by atoms with Crippen LogP contribution in [-0.4, -0.2) is 42.7 Å². The Kier molecular flexibility index (Phi) is 5.12. The minimum Gasteiger partial charge on any atom is -0.454 e. The van der Waals surface area contributed by atoms with E-state index in [1.54, 1.807) is 34.6 Å². The Morgan fingerprint density at radius 3 is 2.57 bits per heavy atom. The highest BCUT2D eigenvalue weighted by Gasteiger charge is 2.32. The standard InChI is InChI=1S/C25H25N3O6S/c1-14-8-15(2)12-28(11-14)35(29,30)18-5-7-20-19(10-18)16(3)23(33-20)25-26-24(27-34-25)17-4-6-21-22(9-17)32-13-31-21/h4-7,9-10,14-15H,8,11-13H2,1-3H3/t14-,15-/m0/s1. The summed E-state index contributed by atoms with van der Waals surface area (Å²) >= 11 is 0. The molecule has 2 aromatic carbocycles. The third-order valence-corrected chi connectivity index (χ3v) is 8.46. The fourth-order valence-corrected chi connectivity index (χ4v) is 6.69. The fraction of sp³-hybridized carbons (Fsp3) is 0.360. The van der Waals surface area contributed by atoms with E-state index in [1.165, 1.54) is 0 Å². The van der Waals surface area contributed by atoms with Gasteiger partial charge in [-0.2, -0.15) is 9.29 Å². The van der Waals surface area contributed by atoms with Crippen LogP contribution in [0.15, 0.2) is 50.2 Å². The van der Waals surface area contributed by atoms with Gasteiger partial charge in [0.2, 0.25) is 22.6 Å². The molecule has 10 heteroatoms. The molecule has 4 heterocycles. The first-order valence-electron chi connectivity index (χ1n) is 11.6. The largest absolute Gasteiger partial charge is 0.454 e. The molecule has 0 N–H and O–H groups in total. The lowest BCUT2D eigenvalue weighted by Crippen LogP contribution is -2.42. The van der Waals surface area contributed by atoms with Gasteiger partial charge >= 0.3 is 0 Å². The number of aryl methyl sites for hydroxylation is 1. The van der Waals surface area contributed by atoms with Crippen molar-refractivity contribution in [1.82, 2.24) is 14.4 Å². The van der Waals surface area contributed by atoms with Crippen LogP contribution in [-0.2, 0) is 10.0 Å². The molecule has 2 atom stereocenters. The highest BCUT2D eigenvalue weighted by Crippen LogP contribution is 2.38. The summed E-state index contributed by atoms with van der Waals surface area (Å²) in [7, 11) is -3.61. The molecule has 0 radical (unpaired) electrons. The summed E-state index contributed by atoms with van der Waals surface area (Å²) in [5, 5.41) is 4.78. The van der Waals surface area contributed by atoms with Crippen LogP contribution in [0.25, 0.3) is 34.0 Å². The van der Waals surface area contributed by atoms with Crippen molar-refractivity contribution in [2.45, 2.75) is 32.1 Å². The second-order valence-corrected chi connectivity index (χ2v) is 11.4. The molecular weight excluding hydrogens is 470 g/mol. The molecule has 1 saturated heterocycles. The Hall–Kier alpha value is -3.37. The van der Waals surface area contributed by atoms with E-state index in [0.29, 0.717) is 59.0 Å². The molecule has 0 spiro atoms. The lowest BCUT2D eigenvalue weighted by Gasteiger charge is -2.34. The maximum atomic E-state index is 13.4. The number of nitrogens with zero attached hydrogens (tertiary/aromatic N) is 3. The molecule has 4 aromatic rings. The molecule has 0 amide bonds. The van der Waals surface area contributed by atoms with Crippen LogP contribution in [0.4, 0.5) is 0 Å². The number of piperidine rings is 1. The van der Waals surface area contributed by atoms with Crippen molar-refractivity contribution in [1.29, 1.82) is 0 Å². The lowest BCUT2D eigenvalue weighted by atomic mass is 9.94. The molecule has 9 nitrogen and oxygen atoms in total. The zero-order valence-electron chi connectivity index (χ0n) is 19.6. The zero-order valence-corrected chi connectivity index (χ0v) is 20.5. The summed E-state index contributed by atoms with van der Waals surface area (Å²) in [6.45, 7) is 7.29. The maximum absolute atomic E-state index is 13.4. The van der Waals surface area contributed by atoms with Crippen LogP contribution >= 0.6 is 0 Å². The van der Waals surface area contributed by atoms with Crippen molar-refractivity contribution in [3.05, 3.63) is 42.0 Å². The van der Waals surface area contributed by atoms with E-state index in [4.69, 9.17) is 18.4 Å². The second-order valence-electron chi connectivity index (χ2n) is 9.47. The Bertz CT molecular complexity index is 1530. The molecule has 0 unspecified atom stereocenters. The average molecular weight is 496 g/mol. The summed E-state index contributed by atoms with van der Waals surface area (Å²) in [6.07, 6.45) is 1.04. The van der Waals surface area contributed by atoms with E-state index in [0.717, 1.165) is 17.5 Å². The van der Waals surface area contributed by atoms with Gasteiger partial charge in [-0.25, -0.2) is 8.42 Å². The Morgan fingerprint density at radius 1 is 1.00 bits per heavy atom. The predicted octanol–water partition coefficient (Wildman–Crippen LogP) is 4.85. The van der Waals surface area contributed by atoms with Crippen LogP contribution < -0.4 is 9.47 Å². The van der Waals surface area contributed by atoms with Gasteiger partial charge < -0.3 is 18.4 Å². The molecular formula is C25H25N3O6S. The zero-order chi connectivity index (χ0) is 24.3. The van der Waals surface area contributed by atoms with Gasteiger partial charge in [-0.1, -0.05) is 19.0 Å². The van der Waals surface area contributed by atoms with E-state index < -0.39 is 10.0 Å². The van der Waals surface area contributed by atoms with Gasteiger partial charge in [-0.15, -0.1) is 0 Å². The summed E-state index contributed by atoms with van der Waals surface area (Å²) < 4.78 is 50.6. The third kappa shape index (κ3) is 3.77. The summed E-state index contributed by atoms with van der Waals surface area (Å²) in [5.41, 5.74) is 2.01. The minimum absolute atomic E-state index is 0.183. The maximum Gasteiger partial charge on any atom is 0.294 e. The summed E-state index contributed by atoms with van der Waals surface area (Å²) in [4.78, 5) is 4.76. The van der Waals surface area contributed by atoms with Gasteiger partial charge in [0.05, 0.1) is 4.90 Å². The smallest absolute Gasteiger partial charge is 0.294 e. The van der Waals surface area contributed by atoms with Crippen LogP contribution in [0.5, 0.6) is 11.5 Å². The number of furan rings is 1. The molecule has 2 aromatic heterocycles. The predicted molar refractivity (Wildman–Crippen MR) is 128 cm³/mol. The number of hydrogen-bond donors (Lipinski definition) is 0. The molecule has 1 fully saturated rings. The first-order valence-corrected chi connectivity index (χ1v) is 13.0. The first-order chi connectivity index (χ1) is 16.8. The van der Waals surface area contributed by atoms with E-state index in [2.05, 4.69) is 24.0 Å². The van der Waals surface area contributed by atoms with Gasteiger partial charge in [-0.05, 0) is 61.6 Å². The lowest BCUT2D eigenvalue weighted by molar-refractivity contribution is 0.174. The minimum atomic E-state index is -3.61. The van der Waals surface area contributed by atoms with Crippen molar-refractivity contribution in [2.75, 3.05) is 19.9 Å². The number of ether oxygens (including phenoxy) is 2. The van der Waals surface area contributed by atoms with Gasteiger partial charge in [0, 0.05) is 29.6 Å². The molecule has 0 bridgehead atoms. The quantitative estimate of drug-likeness (QED) is 0.395. The summed E-state index contributed by atoms with van der Waals surface area (Å²) in [5.74, 6) is 2.97. The number of hydrogen-bond acceptors (Lipinski definition) is 8. The number of rotatable bonds is 4. The van der Waals surface area contributed by atoms with Crippen LogP contribution in [0.3, 0.4) is 0 Å². The SMILES string of the molecule is Cc1c(-c2nc(-c3ccc4c(c3)OCO4)no2)oc2ccc(S(=O)(=O)N3C[C@@H](C)C[C@H](C)C3)cc12. The molecule has 0 aliphatic carbocycles. The van der Waals surface area contributed by atoms with Gasteiger partial charge in [0.15, 0.2) is 17.3 Å². The normalized spacial score (nSPS) is 20.5. The monoisotopic (exact) mass is 495 g/mol. The Balaban J connectivity index is 1.34. The molecule has 0 saturated carbocycles. The molecule has 182 valence electrons. The highest BCUT2D eigenvalue weighted by molar-refractivity contribution is 7.89. The van der Waals surface area contributed by atoms with Gasteiger partial charge in [-0.3, -0.25) is 0 Å². The third-order valence-electron chi connectivity index (χ3n) is 6.63. The van der Waals surface area contributed by atoms with E-state index in [1.807, 2.05) is 13.0 Å². The molecule has 2 aliphatic rings. The second kappa shape index (κ2) is 8.10. The van der Waals surface area contributed by atoms with Crippen LogP contribution in [0, 0.1) is 18.8 Å². The van der Waals surface area contributed by atoms with E-state index in [-0.39, 0.29) is 17.6 Å².